The number of rotatable bonds is 3. The first kappa shape index (κ1) is 15.9. The van der Waals surface area contributed by atoms with E-state index in [0.717, 1.165) is 22.3 Å². The van der Waals surface area contributed by atoms with E-state index in [1.165, 1.54) is 11.1 Å². The van der Waals surface area contributed by atoms with E-state index in [4.69, 9.17) is 0 Å². The third-order valence-corrected chi connectivity index (χ3v) is 4.51. The van der Waals surface area contributed by atoms with Gasteiger partial charge in [-0.15, -0.1) is 0 Å². The second-order valence-corrected chi connectivity index (χ2v) is 6.19. The second-order valence-electron chi connectivity index (χ2n) is 6.19. The predicted octanol–water partition coefficient (Wildman–Crippen LogP) is 6.56. The Morgan fingerprint density at radius 3 is 1.77 bits per heavy atom. The summed E-state index contributed by atoms with van der Waals surface area (Å²) >= 11 is 0. The minimum Gasteiger partial charge on any atom is -0.192 e. The van der Waals surface area contributed by atoms with Crippen LogP contribution in [0, 0.1) is 11.3 Å². The number of hydrogen-bond acceptors (Lipinski definition) is 1. The summed E-state index contributed by atoms with van der Waals surface area (Å²) < 4.78 is 0. The van der Waals surface area contributed by atoms with Gasteiger partial charge in [0.15, 0.2) is 0 Å². The number of nitrogens with zero attached hydrogens (tertiary/aromatic N) is 1. The second kappa shape index (κ2) is 7.09. The normalized spacial score (nSPS) is 10.3. The van der Waals surface area contributed by atoms with Crippen LogP contribution in [0.15, 0.2) is 103 Å². The summed E-state index contributed by atoms with van der Waals surface area (Å²) in [7, 11) is 0. The SMILES string of the molecule is N#Cc1ccc(-c2ccccc2)c(-c2cccc(-c3ccccc3)c2)c1. The largest absolute Gasteiger partial charge is 0.192 e. The van der Waals surface area contributed by atoms with Crippen molar-refractivity contribution in [2.45, 2.75) is 0 Å². The highest BCUT2D eigenvalue weighted by atomic mass is 14.2. The fourth-order valence-corrected chi connectivity index (χ4v) is 3.22. The van der Waals surface area contributed by atoms with Crippen LogP contribution in [0.3, 0.4) is 0 Å². The fourth-order valence-electron chi connectivity index (χ4n) is 3.22. The summed E-state index contributed by atoms with van der Waals surface area (Å²) in [6, 6.07) is 37.3. The lowest BCUT2D eigenvalue weighted by Gasteiger charge is -2.12. The average Bonchev–Trinajstić information content (AvgIpc) is 2.74. The first-order valence-electron chi connectivity index (χ1n) is 8.60. The highest BCUT2D eigenvalue weighted by Crippen LogP contribution is 2.34. The third-order valence-electron chi connectivity index (χ3n) is 4.51. The van der Waals surface area contributed by atoms with Gasteiger partial charge in [0.05, 0.1) is 11.6 Å². The van der Waals surface area contributed by atoms with Crippen molar-refractivity contribution in [3.8, 4) is 39.4 Å². The number of nitriles is 1. The van der Waals surface area contributed by atoms with Gasteiger partial charge in [-0.05, 0) is 51.6 Å². The molecule has 1 heteroatoms. The number of benzene rings is 4. The average molecular weight is 331 g/mol. The Morgan fingerprint density at radius 2 is 1.08 bits per heavy atom. The molecule has 0 N–H and O–H groups in total. The van der Waals surface area contributed by atoms with E-state index in [0.29, 0.717) is 5.56 Å². The van der Waals surface area contributed by atoms with Crippen LogP contribution < -0.4 is 0 Å². The van der Waals surface area contributed by atoms with Gasteiger partial charge >= 0.3 is 0 Å². The van der Waals surface area contributed by atoms with Crippen LogP contribution in [-0.2, 0) is 0 Å². The lowest BCUT2D eigenvalue weighted by Crippen LogP contribution is -1.88. The molecule has 4 aromatic carbocycles. The summed E-state index contributed by atoms with van der Waals surface area (Å²) in [4.78, 5) is 0. The van der Waals surface area contributed by atoms with Gasteiger partial charge in [-0.2, -0.15) is 5.26 Å². The molecule has 0 aliphatic rings. The molecular formula is C25H17N. The molecule has 1 nitrogen and oxygen atoms in total. The summed E-state index contributed by atoms with van der Waals surface area (Å²) in [5, 5.41) is 9.35. The molecule has 122 valence electrons. The molecule has 0 bridgehead atoms. The van der Waals surface area contributed by atoms with E-state index in [9.17, 15) is 5.26 Å². The zero-order valence-corrected chi connectivity index (χ0v) is 14.3. The van der Waals surface area contributed by atoms with Gasteiger partial charge in [-0.1, -0.05) is 84.9 Å². The first-order valence-corrected chi connectivity index (χ1v) is 8.60. The van der Waals surface area contributed by atoms with Crippen molar-refractivity contribution in [1.82, 2.24) is 0 Å². The van der Waals surface area contributed by atoms with E-state index in [1.54, 1.807) is 0 Å². The zero-order valence-electron chi connectivity index (χ0n) is 14.3. The summed E-state index contributed by atoms with van der Waals surface area (Å²) in [5.74, 6) is 0. The molecule has 4 aromatic rings. The number of hydrogen-bond donors (Lipinski definition) is 0. The van der Waals surface area contributed by atoms with Gasteiger partial charge in [0.2, 0.25) is 0 Å². The minimum atomic E-state index is 0.671. The monoisotopic (exact) mass is 331 g/mol. The molecule has 0 aliphatic heterocycles. The maximum atomic E-state index is 9.35. The lowest BCUT2D eigenvalue weighted by molar-refractivity contribution is 1.48. The van der Waals surface area contributed by atoms with Crippen LogP contribution in [0.5, 0.6) is 0 Å². The summed E-state index contributed by atoms with van der Waals surface area (Å²) in [6.45, 7) is 0. The van der Waals surface area contributed by atoms with Crippen molar-refractivity contribution in [3.05, 3.63) is 109 Å². The van der Waals surface area contributed by atoms with E-state index < -0.39 is 0 Å². The van der Waals surface area contributed by atoms with Crippen molar-refractivity contribution in [2.24, 2.45) is 0 Å². The van der Waals surface area contributed by atoms with Crippen molar-refractivity contribution in [1.29, 1.82) is 5.26 Å². The molecule has 0 fully saturated rings. The van der Waals surface area contributed by atoms with Gasteiger partial charge in [0.25, 0.3) is 0 Å². The molecule has 0 aliphatic carbocycles. The Labute approximate surface area is 153 Å². The highest BCUT2D eigenvalue weighted by molar-refractivity contribution is 5.86. The molecule has 0 amide bonds. The molecule has 0 heterocycles. The maximum Gasteiger partial charge on any atom is 0.0991 e. The Bertz CT molecular complexity index is 1070. The van der Waals surface area contributed by atoms with Crippen molar-refractivity contribution in [3.63, 3.8) is 0 Å². The smallest absolute Gasteiger partial charge is 0.0991 e. The molecular weight excluding hydrogens is 314 g/mol. The summed E-state index contributed by atoms with van der Waals surface area (Å²) in [5.41, 5.74) is 7.50. The predicted molar refractivity (Wildman–Crippen MR) is 107 cm³/mol. The molecule has 0 spiro atoms. The minimum absolute atomic E-state index is 0.671. The fraction of sp³-hybridized carbons (Fsp3) is 0. The summed E-state index contributed by atoms with van der Waals surface area (Å²) in [6.07, 6.45) is 0. The highest BCUT2D eigenvalue weighted by Gasteiger charge is 2.10. The molecule has 0 saturated heterocycles. The Kier molecular flexibility index (Phi) is 4.33. The standard InChI is InChI=1S/C25H17N/c26-18-19-14-15-24(21-10-5-2-6-11-21)25(16-19)23-13-7-12-22(17-23)20-8-3-1-4-9-20/h1-17H. The first-order chi connectivity index (χ1) is 12.8. The van der Waals surface area contributed by atoms with Crippen molar-refractivity contribution in [2.75, 3.05) is 0 Å². The Morgan fingerprint density at radius 1 is 0.462 bits per heavy atom. The molecule has 0 atom stereocenters. The Hall–Kier alpha value is -3.63. The van der Waals surface area contributed by atoms with Gasteiger partial charge in [0, 0.05) is 0 Å². The van der Waals surface area contributed by atoms with Crippen LogP contribution >= 0.6 is 0 Å². The van der Waals surface area contributed by atoms with Crippen LogP contribution in [0.4, 0.5) is 0 Å². The van der Waals surface area contributed by atoms with Gasteiger partial charge in [0.1, 0.15) is 0 Å². The van der Waals surface area contributed by atoms with Crippen molar-refractivity contribution < 1.29 is 0 Å². The maximum absolute atomic E-state index is 9.35. The van der Waals surface area contributed by atoms with Crippen molar-refractivity contribution >= 4 is 0 Å². The van der Waals surface area contributed by atoms with Crippen LogP contribution in [0.2, 0.25) is 0 Å². The van der Waals surface area contributed by atoms with E-state index in [1.807, 2.05) is 54.6 Å². The molecule has 4 rings (SSSR count). The van der Waals surface area contributed by atoms with E-state index >= 15 is 0 Å². The topological polar surface area (TPSA) is 23.8 Å². The van der Waals surface area contributed by atoms with Gasteiger partial charge in [-0.25, -0.2) is 0 Å². The van der Waals surface area contributed by atoms with Gasteiger partial charge in [-0.3, -0.25) is 0 Å². The van der Waals surface area contributed by atoms with Gasteiger partial charge < -0.3 is 0 Å². The van der Waals surface area contributed by atoms with E-state index in [-0.39, 0.29) is 0 Å². The van der Waals surface area contributed by atoms with Crippen LogP contribution in [0.1, 0.15) is 5.56 Å². The lowest BCUT2D eigenvalue weighted by atomic mass is 9.91. The molecule has 0 unspecified atom stereocenters. The molecule has 0 aromatic heterocycles. The zero-order chi connectivity index (χ0) is 17.8. The molecule has 0 radical (unpaired) electrons. The Balaban J connectivity index is 1.89. The third kappa shape index (κ3) is 3.14. The quantitative estimate of drug-likeness (QED) is 0.417. The molecule has 0 saturated carbocycles. The van der Waals surface area contributed by atoms with Crippen LogP contribution in [0.25, 0.3) is 33.4 Å². The van der Waals surface area contributed by atoms with E-state index in [2.05, 4.69) is 54.6 Å². The molecule has 26 heavy (non-hydrogen) atoms. The van der Waals surface area contributed by atoms with Crippen LogP contribution in [-0.4, -0.2) is 0 Å².